The summed E-state index contributed by atoms with van der Waals surface area (Å²) in [4.78, 5) is 27.0. The van der Waals surface area contributed by atoms with Crippen molar-refractivity contribution < 1.29 is 14.5 Å². The Morgan fingerprint density at radius 3 is 2.43 bits per heavy atom. The molecule has 1 aromatic heterocycles. The molecule has 7 nitrogen and oxygen atoms in total. The molecule has 154 valence electrons. The van der Waals surface area contributed by atoms with E-state index < -0.39 is 0 Å². The molecular formula is C23H26N5O2+. The largest absolute Gasteiger partial charge is 0.336 e. The van der Waals surface area contributed by atoms with Gasteiger partial charge in [-0.15, -0.1) is 0 Å². The van der Waals surface area contributed by atoms with Crippen molar-refractivity contribution in [3.63, 3.8) is 0 Å². The maximum Gasteiger partial charge on any atom is 0.324 e. The zero-order valence-corrected chi connectivity index (χ0v) is 17.2. The van der Waals surface area contributed by atoms with E-state index in [0.29, 0.717) is 19.6 Å². The van der Waals surface area contributed by atoms with Crippen molar-refractivity contribution in [3.05, 3.63) is 72.4 Å². The minimum atomic E-state index is -0.349. The van der Waals surface area contributed by atoms with E-state index in [-0.39, 0.29) is 18.0 Å². The average molecular weight is 404 g/mol. The van der Waals surface area contributed by atoms with Crippen molar-refractivity contribution in [1.82, 2.24) is 20.0 Å². The lowest BCUT2D eigenvalue weighted by Gasteiger charge is -2.23. The van der Waals surface area contributed by atoms with Gasteiger partial charge < -0.3 is 10.2 Å². The van der Waals surface area contributed by atoms with Crippen LogP contribution in [0.5, 0.6) is 0 Å². The molecule has 1 unspecified atom stereocenters. The second-order valence-corrected chi connectivity index (χ2v) is 7.62. The van der Waals surface area contributed by atoms with Gasteiger partial charge in [-0.05, 0) is 19.1 Å². The van der Waals surface area contributed by atoms with E-state index in [2.05, 4.69) is 5.32 Å². The van der Waals surface area contributed by atoms with Crippen molar-refractivity contribution in [2.24, 2.45) is 0 Å². The zero-order chi connectivity index (χ0) is 21.1. The molecule has 1 fully saturated rings. The Bertz CT molecular complexity index is 1030. The molecule has 7 heteroatoms. The fourth-order valence-corrected chi connectivity index (χ4v) is 3.67. The normalized spacial score (nSPS) is 15.7. The summed E-state index contributed by atoms with van der Waals surface area (Å²) in [6.07, 6.45) is 2.03. The fraction of sp³-hybridized carbons (Fsp3) is 0.261. The third-order valence-electron chi connectivity index (χ3n) is 5.56. The zero-order valence-electron chi connectivity index (χ0n) is 17.2. The van der Waals surface area contributed by atoms with Gasteiger partial charge in [0.2, 0.25) is 0 Å². The van der Waals surface area contributed by atoms with Crippen LogP contribution in [0.1, 0.15) is 12.5 Å². The topological polar surface area (TPSA) is 71.7 Å². The molecule has 2 N–H and O–H groups in total. The van der Waals surface area contributed by atoms with Crippen LogP contribution < -0.4 is 10.2 Å². The minimum absolute atomic E-state index is 0.154. The van der Waals surface area contributed by atoms with E-state index in [9.17, 15) is 9.59 Å². The Kier molecular flexibility index (Phi) is 5.63. The van der Waals surface area contributed by atoms with Crippen LogP contribution in [0.4, 0.5) is 4.79 Å². The molecule has 0 aliphatic carbocycles. The SMILES string of the molecule is C[C@@H](C(=O)N1CCNC1=O)[NH+](C)Cc1cn(-c2ccccc2)nc1-c1ccccc1. The Labute approximate surface area is 175 Å². The van der Waals surface area contributed by atoms with E-state index in [1.165, 1.54) is 4.90 Å². The third kappa shape index (κ3) is 3.97. The standard InChI is InChI=1S/C23H25N5O2/c1-17(22(29)27-14-13-24-23(27)30)26(2)15-19-16-28(20-11-7-4-8-12-20)25-21(19)18-9-5-3-6-10-18/h3-12,16-17H,13-15H2,1-2H3,(H,24,30)/p+1/t17-/m0/s1. The highest BCUT2D eigenvalue weighted by molar-refractivity contribution is 5.97. The highest BCUT2D eigenvalue weighted by atomic mass is 16.2. The maximum atomic E-state index is 12.8. The molecule has 0 radical (unpaired) electrons. The van der Waals surface area contributed by atoms with Gasteiger partial charge in [0.1, 0.15) is 12.2 Å². The molecule has 1 saturated heterocycles. The number of aromatic nitrogens is 2. The summed E-state index contributed by atoms with van der Waals surface area (Å²) in [5.74, 6) is -0.154. The lowest BCUT2D eigenvalue weighted by atomic mass is 10.1. The molecule has 2 heterocycles. The first-order valence-corrected chi connectivity index (χ1v) is 10.2. The summed E-state index contributed by atoms with van der Waals surface area (Å²) >= 11 is 0. The molecule has 0 spiro atoms. The molecule has 3 amide bonds. The van der Waals surface area contributed by atoms with Gasteiger partial charge in [-0.2, -0.15) is 5.10 Å². The molecule has 1 aliphatic heterocycles. The third-order valence-corrected chi connectivity index (χ3v) is 5.56. The molecule has 4 rings (SSSR count). The molecule has 30 heavy (non-hydrogen) atoms. The van der Waals surface area contributed by atoms with Crippen LogP contribution in [0, 0.1) is 0 Å². The minimum Gasteiger partial charge on any atom is -0.336 e. The summed E-state index contributed by atoms with van der Waals surface area (Å²) in [7, 11) is 1.98. The quantitative estimate of drug-likeness (QED) is 0.654. The second kappa shape index (κ2) is 8.51. The maximum absolute atomic E-state index is 12.8. The van der Waals surface area contributed by atoms with Crippen molar-refractivity contribution in [2.45, 2.75) is 19.5 Å². The van der Waals surface area contributed by atoms with Gasteiger partial charge in [0.05, 0.1) is 18.3 Å². The molecule has 2 atom stereocenters. The van der Waals surface area contributed by atoms with Gasteiger partial charge in [-0.1, -0.05) is 48.5 Å². The summed E-state index contributed by atoms with van der Waals surface area (Å²) < 4.78 is 1.88. The van der Waals surface area contributed by atoms with Gasteiger partial charge >= 0.3 is 6.03 Å². The van der Waals surface area contributed by atoms with Gasteiger partial charge in [0, 0.05) is 24.8 Å². The van der Waals surface area contributed by atoms with Crippen LogP contribution in [0.25, 0.3) is 16.9 Å². The van der Waals surface area contributed by atoms with E-state index in [1.54, 1.807) is 0 Å². The van der Waals surface area contributed by atoms with Crippen LogP contribution in [-0.2, 0) is 11.3 Å². The number of benzene rings is 2. The number of para-hydroxylation sites is 1. The van der Waals surface area contributed by atoms with Crippen LogP contribution in [0.2, 0.25) is 0 Å². The number of urea groups is 1. The average Bonchev–Trinajstić information content (AvgIpc) is 3.40. The van der Waals surface area contributed by atoms with E-state index in [1.807, 2.05) is 85.5 Å². The highest BCUT2D eigenvalue weighted by Gasteiger charge is 2.34. The Morgan fingerprint density at radius 1 is 1.13 bits per heavy atom. The summed E-state index contributed by atoms with van der Waals surface area (Å²) in [5.41, 5.74) is 3.97. The second-order valence-electron chi connectivity index (χ2n) is 7.62. The van der Waals surface area contributed by atoms with Crippen molar-refractivity contribution in [3.8, 4) is 16.9 Å². The summed E-state index contributed by atoms with van der Waals surface area (Å²) in [6.45, 7) is 3.42. The van der Waals surface area contributed by atoms with E-state index in [4.69, 9.17) is 5.10 Å². The van der Waals surface area contributed by atoms with Gasteiger partial charge in [-0.25, -0.2) is 9.48 Å². The van der Waals surface area contributed by atoms with Crippen LogP contribution >= 0.6 is 0 Å². The number of nitrogens with zero attached hydrogens (tertiary/aromatic N) is 3. The first kappa shape index (κ1) is 19.8. The number of carbonyl (C=O) groups is 2. The smallest absolute Gasteiger partial charge is 0.324 e. The lowest BCUT2D eigenvalue weighted by Crippen LogP contribution is -3.12. The van der Waals surface area contributed by atoms with Crippen molar-refractivity contribution >= 4 is 11.9 Å². The predicted molar refractivity (Wildman–Crippen MR) is 114 cm³/mol. The van der Waals surface area contributed by atoms with Crippen LogP contribution in [0.3, 0.4) is 0 Å². The number of imide groups is 1. The molecule has 0 bridgehead atoms. The van der Waals surface area contributed by atoms with Crippen molar-refractivity contribution in [2.75, 3.05) is 20.1 Å². The Balaban J connectivity index is 1.61. The van der Waals surface area contributed by atoms with Gasteiger partial charge in [-0.3, -0.25) is 9.69 Å². The number of nitrogens with one attached hydrogen (secondary N) is 2. The highest BCUT2D eigenvalue weighted by Crippen LogP contribution is 2.23. The predicted octanol–water partition coefficient (Wildman–Crippen LogP) is 1.49. The van der Waals surface area contributed by atoms with Crippen molar-refractivity contribution in [1.29, 1.82) is 0 Å². The van der Waals surface area contributed by atoms with Gasteiger partial charge in [0.15, 0.2) is 6.04 Å². The number of carbonyl (C=O) groups excluding carboxylic acids is 2. The number of hydrogen-bond acceptors (Lipinski definition) is 3. The Morgan fingerprint density at radius 2 is 1.80 bits per heavy atom. The van der Waals surface area contributed by atoms with E-state index >= 15 is 0 Å². The molecule has 3 aromatic rings. The lowest BCUT2D eigenvalue weighted by molar-refractivity contribution is -0.908. The molecule has 0 saturated carbocycles. The summed E-state index contributed by atoms with van der Waals surface area (Å²) in [5, 5.41) is 7.53. The Hall–Kier alpha value is -3.45. The van der Waals surface area contributed by atoms with Crippen LogP contribution in [-0.4, -0.2) is 52.8 Å². The fourth-order valence-electron chi connectivity index (χ4n) is 3.67. The molecule has 1 aliphatic rings. The number of amides is 3. The number of hydrogen-bond donors (Lipinski definition) is 2. The van der Waals surface area contributed by atoms with Crippen LogP contribution in [0.15, 0.2) is 66.9 Å². The number of quaternary nitrogens is 1. The first-order chi connectivity index (χ1) is 14.5. The number of rotatable bonds is 6. The summed E-state index contributed by atoms with van der Waals surface area (Å²) in [6, 6.07) is 19.4. The molecule has 2 aromatic carbocycles. The van der Waals surface area contributed by atoms with E-state index in [0.717, 1.165) is 27.4 Å². The monoisotopic (exact) mass is 404 g/mol. The first-order valence-electron chi connectivity index (χ1n) is 10.2. The molecular weight excluding hydrogens is 378 g/mol. The van der Waals surface area contributed by atoms with Gasteiger partial charge in [0.25, 0.3) is 5.91 Å². The number of likely N-dealkylation sites (N-methyl/N-ethyl adjacent to an activating group) is 1.